The van der Waals surface area contributed by atoms with Crippen LogP contribution >= 0.6 is 0 Å². The minimum atomic E-state index is -3.63. The van der Waals surface area contributed by atoms with Crippen molar-refractivity contribution in [3.63, 3.8) is 0 Å². The van der Waals surface area contributed by atoms with E-state index in [0.717, 1.165) is 6.42 Å². The van der Waals surface area contributed by atoms with E-state index in [4.69, 9.17) is 0 Å². The quantitative estimate of drug-likeness (QED) is 0.783. The van der Waals surface area contributed by atoms with E-state index in [9.17, 15) is 8.42 Å². The Morgan fingerprint density at radius 3 is 2.64 bits per heavy atom. The van der Waals surface area contributed by atoms with Gasteiger partial charge in [0.05, 0.1) is 5.69 Å². The van der Waals surface area contributed by atoms with Crippen LogP contribution in [0.4, 0.5) is 0 Å². The van der Waals surface area contributed by atoms with Crippen molar-refractivity contribution in [3.8, 4) is 5.69 Å². The highest BCUT2D eigenvalue weighted by atomic mass is 32.2. The van der Waals surface area contributed by atoms with Crippen LogP contribution in [-0.2, 0) is 10.0 Å². The largest absolute Gasteiger partial charge is 0.278 e. The molecule has 1 aromatic heterocycles. The van der Waals surface area contributed by atoms with Crippen LogP contribution < -0.4 is 0 Å². The van der Waals surface area contributed by atoms with E-state index in [-0.39, 0.29) is 5.16 Å². The lowest BCUT2D eigenvalue weighted by Crippen LogP contribution is -2.34. The van der Waals surface area contributed by atoms with Crippen LogP contribution in [0.25, 0.3) is 5.69 Å². The van der Waals surface area contributed by atoms with Crippen LogP contribution in [0, 0.1) is 5.92 Å². The van der Waals surface area contributed by atoms with Crippen LogP contribution in [0.15, 0.2) is 41.8 Å². The van der Waals surface area contributed by atoms with Crippen molar-refractivity contribution in [2.24, 2.45) is 5.92 Å². The fourth-order valence-corrected chi connectivity index (χ4v) is 3.92. The summed E-state index contributed by atoms with van der Waals surface area (Å²) in [6.07, 6.45) is 4.65. The third kappa shape index (κ3) is 3.05. The van der Waals surface area contributed by atoms with Crippen LogP contribution in [0.1, 0.15) is 26.2 Å². The van der Waals surface area contributed by atoms with Crippen LogP contribution in [0.2, 0.25) is 0 Å². The molecule has 0 unspecified atom stereocenters. The number of hydrogen-bond acceptors (Lipinski definition) is 4. The lowest BCUT2D eigenvalue weighted by Gasteiger charge is -2.19. The Morgan fingerprint density at radius 1 is 1.27 bits per heavy atom. The molecule has 0 bridgehead atoms. The van der Waals surface area contributed by atoms with E-state index in [1.165, 1.54) is 28.2 Å². The van der Waals surface area contributed by atoms with Crippen LogP contribution in [0.3, 0.4) is 0 Å². The van der Waals surface area contributed by atoms with E-state index in [1.54, 1.807) is 0 Å². The zero-order valence-corrected chi connectivity index (χ0v) is 13.4. The van der Waals surface area contributed by atoms with Gasteiger partial charge < -0.3 is 0 Å². The van der Waals surface area contributed by atoms with Gasteiger partial charge in [0.2, 0.25) is 0 Å². The van der Waals surface area contributed by atoms with E-state index < -0.39 is 10.0 Å². The van der Waals surface area contributed by atoms with Crippen molar-refractivity contribution >= 4 is 10.0 Å². The normalized spacial score (nSPS) is 15.4. The Bertz CT molecular complexity index is 723. The number of hydrogen-bond donors (Lipinski definition) is 0. The van der Waals surface area contributed by atoms with Crippen molar-refractivity contribution in [2.45, 2.75) is 31.3 Å². The highest BCUT2D eigenvalue weighted by Gasteiger charge is 2.31. The molecule has 1 heterocycles. The third-order valence-electron chi connectivity index (χ3n) is 3.92. The summed E-state index contributed by atoms with van der Waals surface area (Å²) in [5, 5.41) is 4.06. The summed E-state index contributed by atoms with van der Waals surface area (Å²) in [6.45, 7) is 2.84. The summed E-state index contributed by atoms with van der Waals surface area (Å²) in [5.41, 5.74) is 0.692. The molecule has 0 aliphatic heterocycles. The molecule has 22 heavy (non-hydrogen) atoms. The highest BCUT2D eigenvalue weighted by molar-refractivity contribution is 7.89. The molecule has 118 valence electrons. The van der Waals surface area contributed by atoms with Crippen molar-refractivity contribution < 1.29 is 8.42 Å². The summed E-state index contributed by atoms with van der Waals surface area (Å²) in [7, 11) is -3.63. The molecule has 1 aliphatic rings. The summed E-state index contributed by atoms with van der Waals surface area (Å²) in [5.74, 6) is 0.691. The van der Waals surface area contributed by atoms with Gasteiger partial charge in [-0.1, -0.05) is 38.0 Å². The molecule has 1 aromatic carbocycles. The predicted molar refractivity (Wildman–Crippen MR) is 83.1 cm³/mol. The zero-order chi connectivity index (χ0) is 15.6. The molecular formula is C15H20N4O2S. The monoisotopic (exact) mass is 320 g/mol. The van der Waals surface area contributed by atoms with Gasteiger partial charge in [0.25, 0.3) is 15.2 Å². The molecule has 0 spiro atoms. The number of sulfonamides is 1. The average Bonchev–Trinajstić information content (AvgIpc) is 3.21. The second-order valence-corrected chi connectivity index (χ2v) is 7.35. The second kappa shape index (κ2) is 6.18. The minimum Gasteiger partial charge on any atom is -0.204 e. The summed E-state index contributed by atoms with van der Waals surface area (Å²) in [6, 6.07) is 9.20. The number of para-hydroxylation sites is 1. The molecule has 0 atom stereocenters. The standard InChI is InChI=1S/C15H20N4O2S/c1-2-18(11-10-13-8-9-13)22(20,21)15-16-12-17-19(15)14-6-4-3-5-7-14/h3-7,12-13H,2,8-11H2,1H3. The molecule has 6 nitrogen and oxygen atoms in total. The molecule has 1 saturated carbocycles. The van der Waals surface area contributed by atoms with Crippen molar-refractivity contribution in [3.05, 3.63) is 36.7 Å². The van der Waals surface area contributed by atoms with Gasteiger partial charge in [-0.3, -0.25) is 0 Å². The number of rotatable bonds is 7. The Hall–Kier alpha value is -1.73. The molecule has 0 saturated heterocycles. The number of aromatic nitrogens is 3. The van der Waals surface area contributed by atoms with Gasteiger partial charge in [-0.25, -0.2) is 18.1 Å². The van der Waals surface area contributed by atoms with Gasteiger partial charge in [-0.05, 0) is 24.5 Å². The smallest absolute Gasteiger partial charge is 0.204 e. The molecular weight excluding hydrogens is 300 g/mol. The molecule has 0 amide bonds. The van der Waals surface area contributed by atoms with Crippen molar-refractivity contribution in [2.75, 3.05) is 13.1 Å². The lowest BCUT2D eigenvalue weighted by atomic mass is 10.3. The van der Waals surface area contributed by atoms with E-state index in [0.29, 0.717) is 24.7 Å². The average molecular weight is 320 g/mol. The predicted octanol–water partition coefficient (Wildman–Crippen LogP) is 2.08. The molecule has 2 aromatic rings. The summed E-state index contributed by atoms with van der Waals surface area (Å²) in [4.78, 5) is 4.00. The van der Waals surface area contributed by atoms with Gasteiger partial charge in [-0.15, -0.1) is 0 Å². The minimum absolute atomic E-state index is 0.0173. The van der Waals surface area contributed by atoms with Crippen molar-refractivity contribution in [1.29, 1.82) is 0 Å². The topological polar surface area (TPSA) is 68.1 Å². The first-order chi connectivity index (χ1) is 10.6. The maximum Gasteiger partial charge on any atom is 0.278 e. The van der Waals surface area contributed by atoms with Gasteiger partial charge in [0.15, 0.2) is 0 Å². The van der Waals surface area contributed by atoms with Gasteiger partial charge in [0.1, 0.15) is 6.33 Å². The zero-order valence-electron chi connectivity index (χ0n) is 12.6. The van der Waals surface area contributed by atoms with Gasteiger partial charge >= 0.3 is 0 Å². The van der Waals surface area contributed by atoms with E-state index in [2.05, 4.69) is 10.1 Å². The summed E-state index contributed by atoms with van der Waals surface area (Å²) < 4.78 is 28.6. The SMILES string of the molecule is CCN(CCC1CC1)S(=O)(=O)c1ncnn1-c1ccccc1. The van der Waals surface area contributed by atoms with Gasteiger partial charge in [-0.2, -0.15) is 9.40 Å². The highest BCUT2D eigenvalue weighted by Crippen LogP contribution is 2.33. The molecule has 1 aliphatic carbocycles. The summed E-state index contributed by atoms with van der Waals surface area (Å²) >= 11 is 0. The number of nitrogens with zero attached hydrogens (tertiary/aromatic N) is 4. The maximum absolute atomic E-state index is 12.9. The fourth-order valence-electron chi connectivity index (χ4n) is 2.45. The Morgan fingerprint density at radius 2 is 2.00 bits per heavy atom. The van der Waals surface area contributed by atoms with Gasteiger partial charge in [0, 0.05) is 13.1 Å². The Kier molecular flexibility index (Phi) is 4.26. The second-order valence-electron chi connectivity index (χ2n) is 5.52. The molecule has 0 radical (unpaired) electrons. The van der Waals surface area contributed by atoms with E-state index >= 15 is 0 Å². The first kappa shape index (κ1) is 15.2. The third-order valence-corrected chi connectivity index (χ3v) is 5.78. The molecule has 1 fully saturated rings. The lowest BCUT2D eigenvalue weighted by molar-refractivity contribution is 0.405. The van der Waals surface area contributed by atoms with Crippen molar-refractivity contribution in [1.82, 2.24) is 19.1 Å². The Balaban J connectivity index is 1.90. The Labute approximate surface area is 130 Å². The first-order valence-electron chi connectivity index (χ1n) is 7.58. The number of benzene rings is 1. The first-order valence-corrected chi connectivity index (χ1v) is 9.02. The van der Waals surface area contributed by atoms with Crippen LogP contribution in [0.5, 0.6) is 0 Å². The maximum atomic E-state index is 12.9. The van der Waals surface area contributed by atoms with Crippen LogP contribution in [-0.4, -0.2) is 40.6 Å². The molecule has 3 rings (SSSR count). The fraction of sp³-hybridized carbons (Fsp3) is 0.467. The molecule has 0 N–H and O–H groups in total. The van der Waals surface area contributed by atoms with E-state index in [1.807, 2.05) is 37.3 Å². The molecule has 7 heteroatoms.